The van der Waals surface area contributed by atoms with E-state index in [-0.39, 0.29) is 5.69 Å². The van der Waals surface area contributed by atoms with Crippen molar-refractivity contribution < 1.29 is 31.4 Å². The van der Waals surface area contributed by atoms with Crippen molar-refractivity contribution in [3.63, 3.8) is 0 Å². The molecule has 3 nitrogen and oxygen atoms in total. The summed E-state index contributed by atoms with van der Waals surface area (Å²) in [6, 6.07) is 1.62. The van der Waals surface area contributed by atoms with E-state index in [1.165, 1.54) is 0 Å². The monoisotopic (exact) mass is 295 g/mol. The standard InChI is InChI=1S/C12H10F5NO2/c13-7-5-9-10(6-8(7)18-3-1-2-4-18)20-12(16,17)11(14,15)19-9/h5-6H,1-4H2. The Morgan fingerprint density at radius 3 is 1.95 bits per heavy atom. The van der Waals surface area contributed by atoms with E-state index >= 15 is 0 Å². The number of hydrogen-bond acceptors (Lipinski definition) is 3. The molecule has 0 saturated carbocycles. The quantitative estimate of drug-likeness (QED) is 0.741. The van der Waals surface area contributed by atoms with Crippen LogP contribution in [0.15, 0.2) is 12.1 Å². The van der Waals surface area contributed by atoms with Gasteiger partial charge in [-0.2, -0.15) is 17.6 Å². The summed E-state index contributed by atoms with van der Waals surface area (Å²) < 4.78 is 73.8. The molecule has 8 heteroatoms. The van der Waals surface area contributed by atoms with E-state index in [1.54, 1.807) is 4.90 Å². The molecular weight excluding hydrogens is 285 g/mol. The fraction of sp³-hybridized carbons (Fsp3) is 0.500. The zero-order valence-corrected chi connectivity index (χ0v) is 10.1. The first kappa shape index (κ1) is 13.3. The van der Waals surface area contributed by atoms with Gasteiger partial charge in [-0.3, -0.25) is 0 Å². The van der Waals surface area contributed by atoms with Gasteiger partial charge in [0.05, 0.1) is 5.69 Å². The number of anilines is 1. The third-order valence-corrected chi connectivity index (χ3v) is 3.28. The lowest BCUT2D eigenvalue weighted by molar-refractivity contribution is -0.391. The Bertz CT molecular complexity index is 543. The topological polar surface area (TPSA) is 21.7 Å². The van der Waals surface area contributed by atoms with Gasteiger partial charge < -0.3 is 14.4 Å². The first-order chi connectivity index (χ1) is 9.30. The van der Waals surface area contributed by atoms with Gasteiger partial charge in [-0.25, -0.2) is 4.39 Å². The second-order valence-corrected chi connectivity index (χ2v) is 4.68. The van der Waals surface area contributed by atoms with Crippen LogP contribution in [0.5, 0.6) is 11.5 Å². The predicted molar refractivity (Wildman–Crippen MR) is 59.0 cm³/mol. The van der Waals surface area contributed by atoms with Crippen LogP contribution in [0, 0.1) is 5.82 Å². The Kier molecular flexibility index (Phi) is 2.74. The van der Waals surface area contributed by atoms with E-state index in [2.05, 4.69) is 9.47 Å². The third kappa shape index (κ3) is 1.94. The van der Waals surface area contributed by atoms with E-state index < -0.39 is 29.5 Å². The van der Waals surface area contributed by atoms with Crippen LogP contribution >= 0.6 is 0 Å². The number of ether oxygens (including phenoxy) is 2. The first-order valence-corrected chi connectivity index (χ1v) is 6.02. The minimum atomic E-state index is -4.83. The summed E-state index contributed by atoms with van der Waals surface area (Å²) in [6.45, 7) is 1.15. The normalized spacial score (nSPS) is 22.9. The SMILES string of the molecule is Fc1cc2c(cc1N1CCCC1)OC(F)(F)C(F)(F)O2. The zero-order chi connectivity index (χ0) is 14.5. The number of halogens is 5. The van der Waals surface area contributed by atoms with Crippen LogP contribution in [-0.2, 0) is 0 Å². The number of alkyl halides is 4. The van der Waals surface area contributed by atoms with E-state index in [1.807, 2.05) is 0 Å². The second kappa shape index (κ2) is 4.13. The minimum absolute atomic E-state index is 0.0471. The number of rotatable bonds is 1. The highest BCUT2D eigenvalue weighted by molar-refractivity contribution is 5.58. The highest BCUT2D eigenvalue weighted by Gasteiger charge is 2.66. The summed E-state index contributed by atoms with van der Waals surface area (Å²) >= 11 is 0. The van der Waals surface area contributed by atoms with Gasteiger partial charge in [0.25, 0.3) is 0 Å². The second-order valence-electron chi connectivity index (χ2n) is 4.68. The van der Waals surface area contributed by atoms with Gasteiger partial charge in [0.2, 0.25) is 0 Å². The lowest BCUT2D eigenvalue weighted by Gasteiger charge is -2.32. The molecule has 20 heavy (non-hydrogen) atoms. The minimum Gasteiger partial charge on any atom is -0.421 e. The maximum Gasteiger partial charge on any atom is 0.507 e. The summed E-state index contributed by atoms with van der Waals surface area (Å²) in [5, 5.41) is 0. The van der Waals surface area contributed by atoms with Crippen molar-refractivity contribution in [2.45, 2.75) is 25.1 Å². The molecule has 1 fully saturated rings. The molecule has 0 N–H and O–H groups in total. The van der Waals surface area contributed by atoms with Crippen LogP contribution < -0.4 is 14.4 Å². The van der Waals surface area contributed by atoms with E-state index in [4.69, 9.17) is 0 Å². The molecule has 0 unspecified atom stereocenters. The van der Waals surface area contributed by atoms with Crippen molar-refractivity contribution in [2.75, 3.05) is 18.0 Å². The molecule has 2 heterocycles. The van der Waals surface area contributed by atoms with Gasteiger partial charge in [0.1, 0.15) is 5.82 Å². The van der Waals surface area contributed by atoms with Crippen LogP contribution in [0.4, 0.5) is 27.6 Å². The highest BCUT2D eigenvalue weighted by atomic mass is 19.3. The molecule has 0 spiro atoms. The largest absolute Gasteiger partial charge is 0.507 e. The van der Waals surface area contributed by atoms with E-state index in [9.17, 15) is 22.0 Å². The molecule has 0 aromatic heterocycles. The van der Waals surface area contributed by atoms with Gasteiger partial charge in [-0.05, 0) is 12.8 Å². The van der Waals surface area contributed by atoms with Crippen molar-refractivity contribution in [2.24, 2.45) is 0 Å². The number of nitrogens with zero attached hydrogens (tertiary/aromatic N) is 1. The van der Waals surface area contributed by atoms with Gasteiger partial charge in [0.15, 0.2) is 11.5 Å². The summed E-state index contributed by atoms with van der Waals surface area (Å²) in [4.78, 5) is 1.64. The van der Waals surface area contributed by atoms with Crippen LogP contribution in [0.25, 0.3) is 0 Å². The average molecular weight is 295 g/mol. The molecule has 0 atom stereocenters. The summed E-state index contributed by atoms with van der Waals surface area (Å²) in [7, 11) is 0. The molecule has 1 aromatic rings. The van der Waals surface area contributed by atoms with Crippen molar-refractivity contribution in [1.29, 1.82) is 0 Å². The lowest BCUT2D eigenvalue weighted by Crippen LogP contribution is -2.52. The average Bonchev–Trinajstić information content (AvgIpc) is 2.83. The van der Waals surface area contributed by atoms with Gasteiger partial charge in [-0.1, -0.05) is 0 Å². The smallest absolute Gasteiger partial charge is 0.421 e. The van der Waals surface area contributed by atoms with Gasteiger partial charge >= 0.3 is 12.2 Å². The van der Waals surface area contributed by atoms with Crippen LogP contribution in [-0.4, -0.2) is 25.3 Å². The van der Waals surface area contributed by atoms with E-state index in [0.717, 1.165) is 18.9 Å². The van der Waals surface area contributed by atoms with E-state index in [0.29, 0.717) is 19.2 Å². The third-order valence-electron chi connectivity index (χ3n) is 3.28. The van der Waals surface area contributed by atoms with Crippen molar-refractivity contribution in [1.82, 2.24) is 0 Å². The van der Waals surface area contributed by atoms with Gasteiger partial charge in [-0.15, -0.1) is 0 Å². The fourth-order valence-electron chi connectivity index (χ4n) is 2.28. The molecule has 0 aliphatic carbocycles. The number of hydrogen-bond donors (Lipinski definition) is 0. The van der Waals surface area contributed by atoms with Gasteiger partial charge in [0, 0.05) is 25.2 Å². The highest BCUT2D eigenvalue weighted by Crippen LogP contribution is 2.48. The molecule has 2 aliphatic heterocycles. The summed E-state index contributed by atoms with van der Waals surface area (Å²) in [5.41, 5.74) is 0.0471. The summed E-state index contributed by atoms with van der Waals surface area (Å²) in [6.07, 6.45) is -7.92. The van der Waals surface area contributed by atoms with Crippen LogP contribution in [0.3, 0.4) is 0 Å². The molecule has 0 bridgehead atoms. The Balaban J connectivity index is 2.01. The maximum absolute atomic E-state index is 13.9. The summed E-state index contributed by atoms with van der Waals surface area (Å²) in [5.74, 6) is -2.14. The molecule has 110 valence electrons. The fourth-order valence-corrected chi connectivity index (χ4v) is 2.28. The van der Waals surface area contributed by atoms with Crippen LogP contribution in [0.1, 0.15) is 12.8 Å². The Morgan fingerprint density at radius 1 is 0.900 bits per heavy atom. The molecule has 0 radical (unpaired) electrons. The molecule has 1 aromatic carbocycles. The maximum atomic E-state index is 13.9. The molecule has 1 saturated heterocycles. The first-order valence-electron chi connectivity index (χ1n) is 6.02. The molecule has 0 amide bonds. The molecule has 2 aliphatic rings. The Labute approximate surface area is 110 Å². The lowest BCUT2D eigenvalue weighted by atomic mass is 10.2. The zero-order valence-electron chi connectivity index (χ0n) is 10.1. The number of fused-ring (bicyclic) bond motifs is 1. The van der Waals surface area contributed by atoms with Crippen LogP contribution in [0.2, 0.25) is 0 Å². The van der Waals surface area contributed by atoms with Crippen molar-refractivity contribution in [3.8, 4) is 11.5 Å². The van der Waals surface area contributed by atoms with Crippen molar-refractivity contribution >= 4 is 5.69 Å². The number of benzene rings is 1. The Hall–Kier alpha value is -1.73. The molecule has 3 rings (SSSR count). The molecular formula is C12H10F5NO2. The Morgan fingerprint density at radius 2 is 1.40 bits per heavy atom. The van der Waals surface area contributed by atoms with Crippen molar-refractivity contribution in [3.05, 3.63) is 17.9 Å². The predicted octanol–water partition coefficient (Wildman–Crippen LogP) is 3.38.